The number of rotatable bonds is 5. The summed E-state index contributed by atoms with van der Waals surface area (Å²) < 4.78 is 0. The zero-order valence-corrected chi connectivity index (χ0v) is 9.66. The highest BCUT2D eigenvalue weighted by atomic mass is 16.4. The lowest BCUT2D eigenvalue weighted by molar-refractivity contribution is -0.137. The number of amides is 2. The van der Waals surface area contributed by atoms with E-state index in [4.69, 9.17) is 5.11 Å². The van der Waals surface area contributed by atoms with Gasteiger partial charge < -0.3 is 15.7 Å². The Balaban J connectivity index is 2.08. The minimum Gasteiger partial charge on any atom is -0.481 e. The van der Waals surface area contributed by atoms with Crippen molar-refractivity contribution in [3.05, 3.63) is 0 Å². The molecule has 2 atom stereocenters. The average Bonchev–Trinajstić information content (AvgIpc) is 2.59. The smallest absolute Gasteiger partial charge is 0.315 e. The third-order valence-corrected chi connectivity index (χ3v) is 3.03. The van der Waals surface area contributed by atoms with Gasteiger partial charge in [-0.25, -0.2) is 4.79 Å². The molecule has 1 rings (SSSR count). The summed E-state index contributed by atoms with van der Waals surface area (Å²) in [5, 5.41) is 14.0. The largest absolute Gasteiger partial charge is 0.481 e. The van der Waals surface area contributed by atoms with Crippen molar-refractivity contribution in [3.63, 3.8) is 0 Å². The summed E-state index contributed by atoms with van der Waals surface area (Å²) >= 11 is 0. The average molecular weight is 228 g/mol. The zero-order valence-electron chi connectivity index (χ0n) is 9.66. The molecule has 0 aliphatic heterocycles. The Kier molecular flexibility index (Phi) is 5.08. The van der Waals surface area contributed by atoms with Crippen LogP contribution in [0.3, 0.4) is 0 Å². The molecule has 0 aromatic heterocycles. The third kappa shape index (κ3) is 4.51. The number of hydrogen-bond donors (Lipinski definition) is 3. The number of carbonyl (C=O) groups is 2. The first kappa shape index (κ1) is 12.8. The van der Waals surface area contributed by atoms with E-state index in [0.29, 0.717) is 18.9 Å². The SMILES string of the molecule is CC1CCCC1NC(=O)NCCCC(=O)O. The molecule has 1 aliphatic carbocycles. The van der Waals surface area contributed by atoms with Crippen molar-refractivity contribution in [2.45, 2.75) is 45.1 Å². The second-order valence-corrected chi connectivity index (χ2v) is 4.41. The highest BCUT2D eigenvalue weighted by Gasteiger charge is 2.24. The van der Waals surface area contributed by atoms with Crippen LogP contribution in [0, 0.1) is 5.92 Å². The van der Waals surface area contributed by atoms with Gasteiger partial charge in [-0.3, -0.25) is 4.79 Å². The van der Waals surface area contributed by atoms with E-state index >= 15 is 0 Å². The first-order valence-electron chi connectivity index (χ1n) is 5.85. The summed E-state index contributed by atoms with van der Waals surface area (Å²) in [6.07, 6.45) is 3.96. The Hall–Kier alpha value is -1.26. The molecule has 92 valence electrons. The molecular formula is C11H20N2O3. The molecule has 3 N–H and O–H groups in total. The molecule has 5 nitrogen and oxygen atoms in total. The van der Waals surface area contributed by atoms with Gasteiger partial charge in [-0.05, 0) is 25.2 Å². The molecule has 0 saturated heterocycles. The van der Waals surface area contributed by atoms with E-state index in [1.165, 1.54) is 12.8 Å². The van der Waals surface area contributed by atoms with Crippen molar-refractivity contribution in [2.24, 2.45) is 5.92 Å². The number of hydrogen-bond acceptors (Lipinski definition) is 2. The topological polar surface area (TPSA) is 78.4 Å². The third-order valence-electron chi connectivity index (χ3n) is 3.03. The summed E-state index contributed by atoms with van der Waals surface area (Å²) in [6, 6.07) is 0.101. The second kappa shape index (κ2) is 6.35. The van der Waals surface area contributed by atoms with E-state index < -0.39 is 5.97 Å². The molecule has 0 aromatic carbocycles. The lowest BCUT2D eigenvalue weighted by Gasteiger charge is -2.17. The highest BCUT2D eigenvalue weighted by molar-refractivity contribution is 5.74. The van der Waals surface area contributed by atoms with Gasteiger partial charge in [0.15, 0.2) is 0 Å². The van der Waals surface area contributed by atoms with Gasteiger partial charge in [0, 0.05) is 19.0 Å². The lowest BCUT2D eigenvalue weighted by Crippen LogP contribution is -2.43. The van der Waals surface area contributed by atoms with Crippen LogP contribution in [0.2, 0.25) is 0 Å². The zero-order chi connectivity index (χ0) is 12.0. The van der Waals surface area contributed by atoms with Gasteiger partial charge in [0.2, 0.25) is 0 Å². The number of urea groups is 1. The standard InChI is InChI=1S/C11H20N2O3/c1-8-4-2-5-9(8)13-11(16)12-7-3-6-10(14)15/h8-9H,2-7H2,1H3,(H,14,15)(H2,12,13,16). The Bertz CT molecular complexity index is 256. The molecule has 0 bridgehead atoms. The monoisotopic (exact) mass is 228 g/mol. The molecule has 1 fully saturated rings. The maximum absolute atomic E-state index is 11.4. The molecule has 2 amide bonds. The molecule has 1 saturated carbocycles. The molecule has 0 aromatic rings. The lowest BCUT2D eigenvalue weighted by atomic mass is 10.1. The highest BCUT2D eigenvalue weighted by Crippen LogP contribution is 2.24. The molecule has 2 unspecified atom stereocenters. The minimum atomic E-state index is -0.827. The van der Waals surface area contributed by atoms with Gasteiger partial charge >= 0.3 is 12.0 Å². The van der Waals surface area contributed by atoms with Crippen molar-refractivity contribution in [2.75, 3.05) is 6.54 Å². The number of carbonyl (C=O) groups excluding carboxylic acids is 1. The maximum Gasteiger partial charge on any atom is 0.315 e. The predicted molar refractivity (Wildman–Crippen MR) is 60.2 cm³/mol. The van der Waals surface area contributed by atoms with Crippen LogP contribution >= 0.6 is 0 Å². The van der Waals surface area contributed by atoms with E-state index in [1.807, 2.05) is 0 Å². The van der Waals surface area contributed by atoms with Crippen LogP contribution in [0.1, 0.15) is 39.0 Å². The van der Waals surface area contributed by atoms with E-state index in [-0.39, 0.29) is 18.5 Å². The van der Waals surface area contributed by atoms with E-state index in [9.17, 15) is 9.59 Å². The fourth-order valence-electron chi connectivity index (χ4n) is 2.02. The molecule has 16 heavy (non-hydrogen) atoms. The Morgan fingerprint density at radius 3 is 2.69 bits per heavy atom. The summed E-state index contributed by atoms with van der Waals surface area (Å²) in [4.78, 5) is 21.7. The summed E-state index contributed by atoms with van der Waals surface area (Å²) in [5.41, 5.74) is 0. The number of nitrogens with one attached hydrogen (secondary N) is 2. The maximum atomic E-state index is 11.4. The van der Waals surface area contributed by atoms with E-state index in [1.54, 1.807) is 0 Å². The van der Waals surface area contributed by atoms with Gasteiger partial charge in [0.05, 0.1) is 0 Å². The van der Waals surface area contributed by atoms with Crippen molar-refractivity contribution in [1.82, 2.24) is 10.6 Å². The van der Waals surface area contributed by atoms with Crippen molar-refractivity contribution >= 4 is 12.0 Å². The summed E-state index contributed by atoms with van der Waals surface area (Å²) in [6.45, 7) is 2.56. The van der Waals surface area contributed by atoms with Crippen molar-refractivity contribution in [3.8, 4) is 0 Å². The number of aliphatic carboxylic acids is 1. The van der Waals surface area contributed by atoms with Crippen LogP contribution in [0.4, 0.5) is 4.79 Å². The second-order valence-electron chi connectivity index (χ2n) is 4.41. The fourth-order valence-corrected chi connectivity index (χ4v) is 2.02. The molecule has 0 heterocycles. The molecule has 0 spiro atoms. The molecule has 0 radical (unpaired) electrons. The molecule has 5 heteroatoms. The van der Waals surface area contributed by atoms with Crippen LogP contribution in [-0.2, 0) is 4.79 Å². The van der Waals surface area contributed by atoms with Gasteiger partial charge in [-0.15, -0.1) is 0 Å². The Morgan fingerprint density at radius 1 is 1.38 bits per heavy atom. The van der Waals surface area contributed by atoms with Gasteiger partial charge in [0.1, 0.15) is 0 Å². The first-order valence-corrected chi connectivity index (χ1v) is 5.85. The fraction of sp³-hybridized carbons (Fsp3) is 0.818. The van der Waals surface area contributed by atoms with Crippen LogP contribution in [0.15, 0.2) is 0 Å². The van der Waals surface area contributed by atoms with Gasteiger partial charge in [-0.1, -0.05) is 13.3 Å². The van der Waals surface area contributed by atoms with Crippen LogP contribution < -0.4 is 10.6 Å². The normalized spacial score (nSPS) is 24.1. The van der Waals surface area contributed by atoms with E-state index in [0.717, 1.165) is 6.42 Å². The van der Waals surface area contributed by atoms with Crippen molar-refractivity contribution in [1.29, 1.82) is 0 Å². The molecule has 1 aliphatic rings. The van der Waals surface area contributed by atoms with Crippen LogP contribution in [0.25, 0.3) is 0 Å². The van der Waals surface area contributed by atoms with Crippen LogP contribution in [-0.4, -0.2) is 29.7 Å². The van der Waals surface area contributed by atoms with Gasteiger partial charge in [0.25, 0.3) is 0 Å². The number of carboxylic acids is 1. The first-order chi connectivity index (χ1) is 7.59. The minimum absolute atomic E-state index is 0.0973. The predicted octanol–water partition coefficient (Wildman–Crippen LogP) is 1.34. The van der Waals surface area contributed by atoms with Crippen molar-refractivity contribution < 1.29 is 14.7 Å². The van der Waals surface area contributed by atoms with E-state index in [2.05, 4.69) is 17.6 Å². The quantitative estimate of drug-likeness (QED) is 0.621. The van der Waals surface area contributed by atoms with Crippen LogP contribution in [0.5, 0.6) is 0 Å². The molecular weight excluding hydrogens is 208 g/mol. The summed E-state index contributed by atoms with van der Waals surface area (Å²) in [7, 11) is 0. The Morgan fingerprint density at radius 2 is 2.12 bits per heavy atom. The Labute approximate surface area is 95.6 Å². The van der Waals surface area contributed by atoms with Gasteiger partial charge in [-0.2, -0.15) is 0 Å². The summed E-state index contributed by atoms with van der Waals surface area (Å²) in [5.74, 6) is -0.281. The number of carboxylic acid groups (broad SMARTS) is 1.